The van der Waals surface area contributed by atoms with Gasteiger partial charge in [0.15, 0.2) is 0 Å². The molecule has 1 rings (SSSR count). The van der Waals surface area contributed by atoms with Crippen molar-refractivity contribution in [3.8, 4) is 0 Å². The summed E-state index contributed by atoms with van der Waals surface area (Å²) in [6.07, 6.45) is 0.0429. The third kappa shape index (κ3) is 2.68. The second-order valence-corrected chi connectivity index (χ2v) is 3.27. The Kier molecular flexibility index (Phi) is 3.84. The lowest BCUT2D eigenvalue weighted by atomic mass is 10.0. The number of carbonyl (C=O) groups excluding carboxylic acids is 1. The quantitative estimate of drug-likeness (QED) is 0.420. The van der Waals surface area contributed by atoms with Gasteiger partial charge in [-0.25, -0.2) is 4.79 Å². The molecule has 0 bridgehead atoms. The maximum atomic E-state index is 11.3. The number of amides is 1. The maximum Gasteiger partial charge on any atom is 0.326 e. The van der Waals surface area contributed by atoms with Crippen molar-refractivity contribution in [1.29, 1.82) is 0 Å². The molecule has 1 aliphatic heterocycles. The van der Waals surface area contributed by atoms with Gasteiger partial charge < -0.3 is 20.8 Å². The van der Waals surface area contributed by atoms with Crippen LogP contribution in [0.25, 0.3) is 0 Å². The van der Waals surface area contributed by atoms with Crippen LogP contribution in [0.1, 0.15) is 6.42 Å². The molecule has 80 valence electrons. The van der Waals surface area contributed by atoms with E-state index in [1.54, 1.807) is 0 Å². The lowest BCUT2D eigenvalue weighted by Gasteiger charge is -2.27. The zero-order valence-corrected chi connectivity index (χ0v) is 7.69. The minimum Gasteiger partial charge on any atom is -0.480 e. The minimum atomic E-state index is -1.11. The first kappa shape index (κ1) is 10.9. The first-order valence-electron chi connectivity index (χ1n) is 4.50. The Labute approximate surface area is 81.3 Å². The number of carbonyl (C=O) groups is 2. The normalized spacial score (nSPS) is 18.4. The van der Waals surface area contributed by atoms with Crippen LogP contribution in [0.5, 0.6) is 0 Å². The summed E-state index contributed by atoms with van der Waals surface area (Å²) < 4.78 is 0. The number of aliphatic hydroxyl groups excluding tert-OH is 1. The van der Waals surface area contributed by atoms with Crippen molar-refractivity contribution in [2.75, 3.05) is 19.7 Å². The second kappa shape index (κ2) is 4.92. The SMILES string of the molecule is O=C(N[C@H](CCO)C(=O)O)C1CNC1. The molecule has 1 aliphatic rings. The third-order valence-corrected chi connectivity index (χ3v) is 2.18. The van der Waals surface area contributed by atoms with Gasteiger partial charge in [0.05, 0.1) is 5.92 Å². The van der Waals surface area contributed by atoms with E-state index in [-0.39, 0.29) is 24.9 Å². The number of rotatable bonds is 5. The van der Waals surface area contributed by atoms with E-state index in [1.165, 1.54) is 0 Å². The molecule has 14 heavy (non-hydrogen) atoms. The van der Waals surface area contributed by atoms with Crippen molar-refractivity contribution in [2.24, 2.45) is 5.92 Å². The number of carboxylic acid groups (broad SMARTS) is 1. The molecule has 1 fully saturated rings. The largest absolute Gasteiger partial charge is 0.480 e. The number of aliphatic carboxylic acids is 1. The molecule has 0 aliphatic carbocycles. The molecule has 4 N–H and O–H groups in total. The Balaban J connectivity index is 2.37. The molecular formula is C8H14N2O4. The first-order valence-corrected chi connectivity index (χ1v) is 4.50. The van der Waals surface area contributed by atoms with Crippen LogP contribution in [0.4, 0.5) is 0 Å². The van der Waals surface area contributed by atoms with Crippen LogP contribution < -0.4 is 10.6 Å². The van der Waals surface area contributed by atoms with Gasteiger partial charge in [-0.2, -0.15) is 0 Å². The average molecular weight is 202 g/mol. The van der Waals surface area contributed by atoms with Crippen LogP contribution in [0, 0.1) is 5.92 Å². The van der Waals surface area contributed by atoms with E-state index in [0.29, 0.717) is 13.1 Å². The molecule has 1 atom stereocenters. The molecule has 0 saturated carbocycles. The van der Waals surface area contributed by atoms with Gasteiger partial charge in [0.1, 0.15) is 6.04 Å². The molecule has 0 aromatic carbocycles. The Morgan fingerprint density at radius 1 is 1.50 bits per heavy atom. The highest BCUT2D eigenvalue weighted by molar-refractivity contribution is 5.85. The predicted octanol–water partition coefficient (Wildman–Crippen LogP) is -1.84. The van der Waals surface area contributed by atoms with Gasteiger partial charge in [0.25, 0.3) is 0 Å². The minimum absolute atomic E-state index is 0.0429. The maximum absolute atomic E-state index is 11.3. The van der Waals surface area contributed by atoms with Crippen molar-refractivity contribution in [2.45, 2.75) is 12.5 Å². The van der Waals surface area contributed by atoms with Gasteiger partial charge in [0.2, 0.25) is 5.91 Å². The molecule has 1 saturated heterocycles. The van der Waals surface area contributed by atoms with Gasteiger partial charge in [-0.05, 0) is 0 Å². The van der Waals surface area contributed by atoms with E-state index in [0.717, 1.165) is 0 Å². The monoisotopic (exact) mass is 202 g/mol. The summed E-state index contributed by atoms with van der Waals surface area (Å²) in [5.74, 6) is -1.50. The molecule has 0 spiro atoms. The van der Waals surface area contributed by atoms with Crippen molar-refractivity contribution in [3.05, 3.63) is 0 Å². The van der Waals surface area contributed by atoms with Crippen molar-refractivity contribution >= 4 is 11.9 Å². The summed E-state index contributed by atoms with van der Waals surface area (Å²) in [5, 5.41) is 22.6. The van der Waals surface area contributed by atoms with Crippen LogP contribution in [-0.2, 0) is 9.59 Å². The van der Waals surface area contributed by atoms with Gasteiger partial charge in [0, 0.05) is 26.1 Å². The number of hydrogen-bond acceptors (Lipinski definition) is 4. The lowest BCUT2D eigenvalue weighted by molar-refractivity contribution is -0.143. The van der Waals surface area contributed by atoms with Gasteiger partial charge in [-0.1, -0.05) is 0 Å². The van der Waals surface area contributed by atoms with Crippen LogP contribution in [0.15, 0.2) is 0 Å². The lowest BCUT2D eigenvalue weighted by Crippen LogP contribution is -2.54. The third-order valence-electron chi connectivity index (χ3n) is 2.18. The topological polar surface area (TPSA) is 98.7 Å². The Bertz CT molecular complexity index is 227. The molecule has 0 aromatic rings. The Morgan fingerprint density at radius 2 is 2.14 bits per heavy atom. The van der Waals surface area contributed by atoms with Gasteiger partial charge >= 0.3 is 5.97 Å². The second-order valence-electron chi connectivity index (χ2n) is 3.27. The highest BCUT2D eigenvalue weighted by atomic mass is 16.4. The van der Waals surface area contributed by atoms with E-state index in [2.05, 4.69) is 10.6 Å². The van der Waals surface area contributed by atoms with E-state index in [9.17, 15) is 9.59 Å². The number of hydrogen-bond donors (Lipinski definition) is 4. The van der Waals surface area contributed by atoms with E-state index in [4.69, 9.17) is 10.2 Å². The summed E-state index contributed by atoms with van der Waals surface area (Å²) in [6, 6.07) is -0.979. The first-order chi connectivity index (χ1) is 6.65. The molecule has 1 amide bonds. The summed E-state index contributed by atoms with van der Waals surface area (Å²) in [4.78, 5) is 21.9. The van der Waals surface area contributed by atoms with Crippen LogP contribution in [-0.4, -0.2) is 47.8 Å². The smallest absolute Gasteiger partial charge is 0.326 e. The standard InChI is InChI=1S/C8H14N2O4/c11-2-1-6(8(13)14)10-7(12)5-3-9-4-5/h5-6,9,11H,1-4H2,(H,10,12)(H,13,14)/t6-/m1/s1. The molecule has 0 unspecified atom stereocenters. The Morgan fingerprint density at radius 3 is 2.50 bits per heavy atom. The highest BCUT2D eigenvalue weighted by Gasteiger charge is 2.28. The fourth-order valence-corrected chi connectivity index (χ4v) is 1.15. The van der Waals surface area contributed by atoms with Gasteiger partial charge in [-0.15, -0.1) is 0 Å². The number of aliphatic hydroxyl groups is 1. The highest BCUT2D eigenvalue weighted by Crippen LogP contribution is 2.03. The molecule has 0 radical (unpaired) electrons. The Hall–Kier alpha value is -1.14. The van der Waals surface area contributed by atoms with Crippen LogP contribution in [0.2, 0.25) is 0 Å². The molecule has 6 heteroatoms. The van der Waals surface area contributed by atoms with E-state index >= 15 is 0 Å². The van der Waals surface area contributed by atoms with E-state index < -0.39 is 12.0 Å². The number of carboxylic acids is 1. The molecule has 0 aromatic heterocycles. The van der Waals surface area contributed by atoms with Crippen LogP contribution >= 0.6 is 0 Å². The molecule has 6 nitrogen and oxygen atoms in total. The van der Waals surface area contributed by atoms with Crippen molar-refractivity contribution < 1.29 is 19.8 Å². The number of nitrogens with one attached hydrogen (secondary N) is 2. The van der Waals surface area contributed by atoms with Gasteiger partial charge in [-0.3, -0.25) is 4.79 Å². The summed E-state index contributed by atoms with van der Waals surface area (Å²) in [7, 11) is 0. The summed E-state index contributed by atoms with van der Waals surface area (Å²) in [5.41, 5.74) is 0. The van der Waals surface area contributed by atoms with Crippen molar-refractivity contribution in [3.63, 3.8) is 0 Å². The predicted molar refractivity (Wildman–Crippen MR) is 47.6 cm³/mol. The summed E-state index contributed by atoms with van der Waals surface area (Å²) >= 11 is 0. The zero-order chi connectivity index (χ0) is 10.6. The summed E-state index contributed by atoms with van der Waals surface area (Å²) in [6.45, 7) is 0.939. The molecular weight excluding hydrogens is 188 g/mol. The average Bonchev–Trinajstić information content (AvgIpc) is 1.99. The molecule has 1 heterocycles. The fraction of sp³-hybridized carbons (Fsp3) is 0.750. The zero-order valence-electron chi connectivity index (χ0n) is 7.69. The fourth-order valence-electron chi connectivity index (χ4n) is 1.15. The van der Waals surface area contributed by atoms with E-state index in [1.807, 2.05) is 0 Å². The van der Waals surface area contributed by atoms with Crippen molar-refractivity contribution in [1.82, 2.24) is 10.6 Å². The van der Waals surface area contributed by atoms with Crippen LogP contribution in [0.3, 0.4) is 0 Å².